The molecule has 0 rings (SSSR count). The van der Waals surface area contributed by atoms with Gasteiger partial charge in [0, 0.05) is 0 Å². The molecule has 0 saturated heterocycles. The van der Waals surface area contributed by atoms with Crippen LogP contribution in [0.3, 0.4) is 0 Å². The summed E-state index contributed by atoms with van der Waals surface area (Å²) in [6, 6.07) is 0. The SMILES string of the molecule is C=C(I)CCCCCCCCCCCCCC.CNC. The molecule has 122 valence electrons. The molecule has 1 N–H and O–H groups in total. The third-order valence-corrected chi connectivity index (χ3v) is 3.84. The van der Waals surface area contributed by atoms with Gasteiger partial charge >= 0.3 is 0 Å². The van der Waals surface area contributed by atoms with Crippen LogP contribution in [-0.4, -0.2) is 14.1 Å². The minimum atomic E-state index is 1.22. The maximum absolute atomic E-state index is 3.93. The Kier molecular flexibility index (Phi) is 24.7. The molecule has 0 saturated carbocycles. The van der Waals surface area contributed by atoms with Crippen molar-refractivity contribution in [2.75, 3.05) is 14.1 Å². The first-order valence-corrected chi connectivity index (χ1v) is 9.68. The Morgan fingerprint density at radius 2 is 1.05 bits per heavy atom. The van der Waals surface area contributed by atoms with Crippen LogP contribution in [-0.2, 0) is 0 Å². The average molecular weight is 395 g/mol. The van der Waals surface area contributed by atoms with E-state index in [-0.39, 0.29) is 0 Å². The number of allylic oxidation sites excluding steroid dienone is 1. The number of hydrogen-bond acceptors (Lipinski definition) is 1. The second-order valence-electron chi connectivity index (χ2n) is 5.66. The van der Waals surface area contributed by atoms with E-state index in [1.807, 2.05) is 14.1 Å². The summed E-state index contributed by atoms with van der Waals surface area (Å²) in [5.41, 5.74) is 0. The van der Waals surface area contributed by atoms with Gasteiger partial charge in [-0.2, -0.15) is 0 Å². The summed E-state index contributed by atoms with van der Waals surface area (Å²) in [6.45, 7) is 6.22. The first kappa shape index (κ1) is 22.7. The Hall–Kier alpha value is 0.430. The van der Waals surface area contributed by atoms with Gasteiger partial charge in [-0.3, -0.25) is 0 Å². The van der Waals surface area contributed by atoms with E-state index in [2.05, 4.69) is 41.4 Å². The molecular weight excluding hydrogens is 357 g/mol. The lowest BCUT2D eigenvalue weighted by atomic mass is 10.0. The molecule has 20 heavy (non-hydrogen) atoms. The second kappa shape index (κ2) is 21.7. The molecule has 0 aliphatic carbocycles. The lowest BCUT2D eigenvalue weighted by Gasteiger charge is -2.02. The van der Waals surface area contributed by atoms with Crippen molar-refractivity contribution in [1.29, 1.82) is 0 Å². The summed E-state index contributed by atoms with van der Waals surface area (Å²) >= 11 is 2.34. The van der Waals surface area contributed by atoms with Crippen molar-refractivity contribution in [3.8, 4) is 0 Å². The van der Waals surface area contributed by atoms with E-state index in [1.165, 1.54) is 87.1 Å². The average Bonchev–Trinajstić information content (AvgIpc) is 2.40. The van der Waals surface area contributed by atoms with Gasteiger partial charge in [-0.05, 0) is 53.1 Å². The van der Waals surface area contributed by atoms with Gasteiger partial charge in [0.1, 0.15) is 0 Å². The van der Waals surface area contributed by atoms with Gasteiger partial charge in [-0.15, -0.1) is 0 Å². The zero-order valence-corrected chi connectivity index (χ0v) is 16.4. The molecule has 0 atom stereocenters. The molecule has 0 radical (unpaired) electrons. The zero-order valence-electron chi connectivity index (χ0n) is 14.3. The van der Waals surface area contributed by atoms with E-state index < -0.39 is 0 Å². The summed E-state index contributed by atoms with van der Waals surface area (Å²) in [7, 11) is 3.75. The van der Waals surface area contributed by atoms with Crippen molar-refractivity contribution >= 4 is 22.6 Å². The Morgan fingerprint density at radius 1 is 0.750 bits per heavy atom. The Morgan fingerprint density at radius 3 is 1.35 bits per heavy atom. The number of rotatable bonds is 13. The molecule has 0 aliphatic rings. The minimum absolute atomic E-state index is 1.22. The number of nitrogens with one attached hydrogen (secondary N) is 1. The lowest BCUT2D eigenvalue weighted by molar-refractivity contribution is 0.545. The summed E-state index contributed by atoms with van der Waals surface area (Å²) in [5.74, 6) is 0. The van der Waals surface area contributed by atoms with Gasteiger partial charge in [0.2, 0.25) is 0 Å². The van der Waals surface area contributed by atoms with Crippen LogP contribution in [0, 0.1) is 0 Å². The molecule has 0 aliphatic heterocycles. The topological polar surface area (TPSA) is 12.0 Å². The molecule has 0 spiro atoms. The molecule has 2 heteroatoms. The van der Waals surface area contributed by atoms with E-state index in [1.54, 1.807) is 0 Å². The zero-order chi connectivity index (χ0) is 15.5. The molecule has 0 heterocycles. The maximum atomic E-state index is 3.93. The first-order valence-electron chi connectivity index (χ1n) is 8.60. The first-order chi connectivity index (χ1) is 9.68. The van der Waals surface area contributed by atoms with Gasteiger partial charge in [0.05, 0.1) is 0 Å². The fraction of sp³-hybridized carbons (Fsp3) is 0.889. The van der Waals surface area contributed by atoms with Gasteiger partial charge in [-0.25, -0.2) is 0 Å². The Labute approximate surface area is 142 Å². The van der Waals surface area contributed by atoms with Crippen molar-refractivity contribution in [3.05, 3.63) is 10.2 Å². The van der Waals surface area contributed by atoms with Crippen molar-refractivity contribution in [2.24, 2.45) is 0 Å². The van der Waals surface area contributed by atoms with Crippen molar-refractivity contribution in [1.82, 2.24) is 5.32 Å². The molecular formula is C18H38IN. The predicted octanol–water partition coefficient (Wildman–Crippen LogP) is 6.86. The highest BCUT2D eigenvalue weighted by Crippen LogP contribution is 2.15. The van der Waals surface area contributed by atoms with Crippen LogP contribution in [0.4, 0.5) is 0 Å². The van der Waals surface area contributed by atoms with Crippen LogP contribution in [0.15, 0.2) is 10.2 Å². The number of halogens is 1. The molecule has 0 amide bonds. The molecule has 0 unspecified atom stereocenters. The molecule has 0 aromatic rings. The fourth-order valence-electron chi connectivity index (χ4n) is 2.16. The van der Waals surface area contributed by atoms with E-state index in [9.17, 15) is 0 Å². The molecule has 0 fully saturated rings. The predicted molar refractivity (Wildman–Crippen MR) is 104 cm³/mol. The van der Waals surface area contributed by atoms with Gasteiger partial charge < -0.3 is 5.32 Å². The third-order valence-electron chi connectivity index (χ3n) is 3.30. The van der Waals surface area contributed by atoms with Crippen LogP contribution < -0.4 is 5.32 Å². The van der Waals surface area contributed by atoms with Crippen LogP contribution in [0.2, 0.25) is 0 Å². The van der Waals surface area contributed by atoms with Gasteiger partial charge in [-0.1, -0.05) is 84.1 Å². The van der Waals surface area contributed by atoms with Crippen LogP contribution in [0.5, 0.6) is 0 Å². The highest BCUT2D eigenvalue weighted by molar-refractivity contribution is 14.1. The minimum Gasteiger partial charge on any atom is -0.323 e. The molecule has 0 aromatic heterocycles. The van der Waals surface area contributed by atoms with E-state index in [0.29, 0.717) is 0 Å². The second-order valence-corrected chi connectivity index (χ2v) is 7.18. The number of hydrogen-bond donors (Lipinski definition) is 1. The van der Waals surface area contributed by atoms with Crippen LogP contribution in [0.1, 0.15) is 90.4 Å². The Balaban J connectivity index is 0. The monoisotopic (exact) mass is 395 g/mol. The number of unbranched alkanes of at least 4 members (excludes halogenated alkanes) is 11. The fourth-order valence-corrected chi connectivity index (χ4v) is 2.54. The molecule has 0 aromatic carbocycles. The van der Waals surface area contributed by atoms with E-state index in [4.69, 9.17) is 0 Å². The lowest BCUT2D eigenvalue weighted by Crippen LogP contribution is -1.89. The smallest absolute Gasteiger partial charge is 0.0166 e. The van der Waals surface area contributed by atoms with Gasteiger partial charge in [0.25, 0.3) is 0 Å². The quantitative estimate of drug-likeness (QED) is 0.265. The third kappa shape index (κ3) is 26.9. The highest BCUT2D eigenvalue weighted by atomic mass is 127. The van der Waals surface area contributed by atoms with Crippen molar-refractivity contribution < 1.29 is 0 Å². The van der Waals surface area contributed by atoms with Crippen molar-refractivity contribution in [2.45, 2.75) is 90.4 Å². The van der Waals surface area contributed by atoms with Crippen molar-refractivity contribution in [3.63, 3.8) is 0 Å². The maximum Gasteiger partial charge on any atom is -0.0166 e. The summed E-state index contributed by atoms with van der Waals surface area (Å²) in [6.07, 6.45) is 18.4. The Bertz CT molecular complexity index is 180. The highest BCUT2D eigenvalue weighted by Gasteiger charge is 1.93. The molecule has 0 bridgehead atoms. The van der Waals surface area contributed by atoms with E-state index in [0.717, 1.165) is 0 Å². The summed E-state index contributed by atoms with van der Waals surface area (Å²) < 4.78 is 1.31. The van der Waals surface area contributed by atoms with E-state index >= 15 is 0 Å². The van der Waals surface area contributed by atoms with Gasteiger partial charge in [0.15, 0.2) is 0 Å². The van der Waals surface area contributed by atoms with Crippen LogP contribution in [0.25, 0.3) is 0 Å². The van der Waals surface area contributed by atoms with Crippen LogP contribution >= 0.6 is 22.6 Å². The normalized spacial score (nSPS) is 10.0. The summed E-state index contributed by atoms with van der Waals surface area (Å²) in [5, 5.41) is 2.75. The largest absolute Gasteiger partial charge is 0.323 e. The molecule has 1 nitrogen and oxygen atoms in total. The summed E-state index contributed by atoms with van der Waals surface area (Å²) in [4.78, 5) is 0. The standard InChI is InChI=1S/C16H31I.C2H7N/c1-3-4-5-6-7-8-9-10-11-12-13-14-15-16(2)17;1-3-2/h2-15H2,1H3;3H,1-2H3.